The van der Waals surface area contributed by atoms with E-state index in [-0.39, 0.29) is 10.8 Å². The molecule has 0 spiro atoms. The number of benzene rings is 3. The van der Waals surface area contributed by atoms with E-state index in [9.17, 15) is 13.2 Å². The predicted molar refractivity (Wildman–Crippen MR) is 136 cm³/mol. The smallest absolute Gasteiger partial charge is 0.264 e. The van der Waals surface area contributed by atoms with Gasteiger partial charge < -0.3 is 9.80 Å². The van der Waals surface area contributed by atoms with Crippen LogP contribution >= 0.6 is 0 Å². The molecule has 7 nitrogen and oxygen atoms in total. The van der Waals surface area contributed by atoms with Gasteiger partial charge in [-0.25, -0.2) is 8.42 Å². The van der Waals surface area contributed by atoms with Gasteiger partial charge in [0.15, 0.2) is 0 Å². The Balaban J connectivity index is 1.61. The molecule has 0 fully saturated rings. The number of para-hydroxylation sites is 1. The summed E-state index contributed by atoms with van der Waals surface area (Å²) in [4.78, 5) is 17.3. The number of likely N-dealkylation sites (N-methyl/N-ethyl adjacent to an activating group) is 1. The number of hydrogen-bond acceptors (Lipinski definition) is 5. The third-order valence-corrected chi connectivity index (χ3v) is 7.88. The van der Waals surface area contributed by atoms with E-state index in [0.29, 0.717) is 49.4 Å². The van der Waals surface area contributed by atoms with E-state index < -0.39 is 10.0 Å². The van der Waals surface area contributed by atoms with Crippen LogP contribution in [0.4, 0.5) is 5.69 Å². The van der Waals surface area contributed by atoms with Crippen LogP contribution < -0.4 is 4.31 Å². The quantitative estimate of drug-likeness (QED) is 0.484. The van der Waals surface area contributed by atoms with Gasteiger partial charge in [-0.3, -0.25) is 9.10 Å². The molecule has 3 aromatic carbocycles. The average Bonchev–Trinajstić information content (AvgIpc) is 3.31. The zero-order chi connectivity index (χ0) is 25.0. The molecule has 1 aliphatic heterocycles. The zero-order valence-electron chi connectivity index (χ0n) is 19.9. The van der Waals surface area contributed by atoms with E-state index in [4.69, 9.17) is 5.26 Å². The normalized spacial score (nSPS) is 12.9. The van der Waals surface area contributed by atoms with Crippen molar-refractivity contribution in [1.82, 2.24) is 9.80 Å². The van der Waals surface area contributed by atoms with Crippen LogP contribution in [0.15, 0.2) is 77.7 Å². The third-order valence-electron chi connectivity index (χ3n) is 6.07. The molecule has 1 heterocycles. The van der Waals surface area contributed by atoms with Gasteiger partial charge in [-0.05, 0) is 68.0 Å². The second kappa shape index (κ2) is 10.3. The van der Waals surface area contributed by atoms with Crippen LogP contribution in [-0.2, 0) is 23.0 Å². The number of carbonyl (C=O) groups excluding carboxylic acids is 1. The lowest BCUT2D eigenvalue weighted by molar-refractivity contribution is 0.0731. The molecule has 0 aliphatic carbocycles. The van der Waals surface area contributed by atoms with Crippen LogP contribution in [0.5, 0.6) is 0 Å². The molecule has 0 bridgehead atoms. The van der Waals surface area contributed by atoms with Crippen molar-refractivity contribution < 1.29 is 13.2 Å². The fraction of sp³-hybridized carbons (Fsp3) is 0.259. The first-order valence-electron chi connectivity index (χ1n) is 11.4. The van der Waals surface area contributed by atoms with Gasteiger partial charge >= 0.3 is 0 Å². The van der Waals surface area contributed by atoms with Gasteiger partial charge in [0.1, 0.15) is 0 Å². The molecule has 0 atom stereocenters. The van der Waals surface area contributed by atoms with Crippen LogP contribution in [-0.4, -0.2) is 57.9 Å². The van der Waals surface area contributed by atoms with Crippen LogP contribution in [0.2, 0.25) is 0 Å². The Kier molecular flexibility index (Phi) is 7.20. The number of hydrogen-bond donors (Lipinski definition) is 0. The topological polar surface area (TPSA) is 84.7 Å². The maximum absolute atomic E-state index is 13.5. The summed E-state index contributed by atoms with van der Waals surface area (Å²) in [6, 6.07) is 23.0. The highest BCUT2D eigenvalue weighted by Gasteiger charge is 2.31. The van der Waals surface area contributed by atoms with E-state index >= 15 is 0 Å². The van der Waals surface area contributed by atoms with Crippen molar-refractivity contribution in [3.63, 3.8) is 0 Å². The number of nitrogens with zero attached hydrogens (tertiary/aromatic N) is 4. The van der Waals surface area contributed by atoms with Gasteiger partial charge in [0, 0.05) is 31.7 Å². The minimum absolute atomic E-state index is 0.103. The molecule has 0 radical (unpaired) electrons. The second-order valence-electron chi connectivity index (χ2n) is 8.82. The number of sulfonamides is 1. The third kappa shape index (κ3) is 5.37. The Morgan fingerprint density at radius 2 is 1.74 bits per heavy atom. The van der Waals surface area contributed by atoms with Gasteiger partial charge in [0.05, 0.1) is 22.2 Å². The summed E-state index contributed by atoms with van der Waals surface area (Å²) in [5.74, 6) is -0.241. The molecule has 0 aromatic heterocycles. The molecule has 0 unspecified atom stereocenters. The molecular formula is C27H28N4O3S. The molecule has 1 aliphatic rings. The van der Waals surface area contributed by atoms with Gasteiger partial charge in [0.2, 0.25) is 0 Å². The molecule has 1 amide bonds. The Labute approximate surface area is 206 Å². The van der Waals surface area contributed by atoms with E-state index in [1.165, 1.54) is 16.4 Å². The lowest BCUT2D eigenvalue weighted by Crippen LogP contribution is -2.36. The lowest BCUT2D eigenvalue weighted by Gasteiger charge is -2.25. The maximum atomic E-state index is 13.5. The maximum Gasteiger partial charge on any atom is 0.264 e. The first kappa shape index (κ1) is 24.5. The van der Waals surface area contributed by atoms with Gasteiger partial charge in [-0.2, -0.15) is 5.26 Å². The van der Waals surface area contributed by atoms with Gasteiger partial charge in [-0.15, -0.1) is 0 Å². The molecule has 4 rings (SSSR count). The van der Waals surface area contributed by atoms with E-state index in [2.05, 4.69) is 6.07 Å². The highest BCUT2D eigenvalue weighted by molar-refractivity contribution is 7.92. The summed E-state index contributed by atoms with van der Waals surface area (Å²) in [5.41, 5.74) is 3.47. The highest BCUT2D eigenvalue weighted by Crippen LogP contribution is 2.32. The highest BCUT2D eigenvalue weighted by atomic mass is 32.2. The van der Waals surface area contributed by atoms with Crippen molar-refractivity contribution in [2.75, 3.05) is 38.0 Å². The van der Waals surface area contributed by atoms with Crippen LogP contribution in [0.1, 0.15) is 27.0 Å². The number of rotatable bonds is 8. The molecule has 0 saturated heterocycles. The molecule has 0 N–H and O–H groups in total. The van der Waals surface area contributed by atoms with Crippen molar-refractivity contribution in [2.24, 2.45) is 0 Å². The van der Waals surface area contributed by atoms with Crippen molar-refractivity contribution in [1.29, 1.82) is 5.26 Å². The molecule has 3 aromatic rings. The summed E-state index contributed by atoms with van der Waals surface area (Å²) in [5, 5.41) is 9.04. The first-order valence-corrected chi connectivity index (χ1v) is 12.9. The fourth-order valence-electron chi connectivity index (χ4n) is 4.14. The number of nitriles is 1. The average molecular weight is 489 g/mol. The van der Waals surface area contributed by atoms with Gasteiger partial charge in [-0.1, -0.05) is 36.4 Å². The predicted octanol–water partition coefficient (Wildman–Crippen LogP) is 3.51. The number of fused-ring (bicyclic) bond motifs is 1. The van der Waals surface area contributed by atoms with Crippen molar-refractivity contribution in [3.05, 3.63) is 95.1 Å². The van der Waals surface area contributed by atoms with E-state index in [1.54, 1.807) is 29.2 Å². The summed E-state index contributed by atoms with van der Waals surface area (Å²) < 4.78 is 28.4. The minimum Gasteiger partial charge on any atom is -0.333 e. The molecule has 8 heteroatoms. The van der Waals surface area contributed by atoms with Crippen molar-refractivity contribution >= 4 is 21.6 Å². The second-order valence-corrected chi connectivity index (χ2v) is 10.7. The van der Waals surface area contributed by atoms with Crippen LogP contribution in [0.3, 0.4) is 0 Å². The lowest BCUT2D eigenvalue weighted by atomic mass is 10.1. The number of amides is 1. The molecular weight excluding hydrogens is 460 g/mol. The van der Waals surface area contributed by atoms with Crippen LogP contribution in [0.25, 0.3) is 0 Å². The monoisotopic (exact) mass is 488 g/mol. The fourth-order valence-corrected chi connectivity index (χ4v) is 5.68. The Morgan fingerprint density at radius 1 is 1.00 bits per heavy atom. The summed E-state index contributed by atoms with van der Waals surface area (Å²) >= 11 is 0. The standard InChI is InChI=1S/C27H28N4O3S/c1-29(2)16-17-30(20-22-12-10-21(19-28)11-13-22)27(32)24-7-5-8-25(18-24)35(33,34)31-15-14-23-6-3-4-9-26(23)31/h3-13,18H,14-17,20H2,1-2H3. The first-order chi connectivity index (χ1) is 16.8. The van der Waals surface area contributed by atoms with E-state index in [1.807, 2.05) is 55.4 Å². The Hall–Kier alpha value is -3.67. The van der Waals surface area contributed by atoms with Gasteiger partial charge in [0.25, 0.3) is 15.9 Å². The summed E-state index contributed by atoms with van der Waals surface area (Å²) in [6.45, 7) is 1.87. The van der Waals surface area contributed by atoms with Crippen molar-refractivity contribution in [3.8, 4) is 6.07 Å². The number of carbonyl (C=O) groups is 1. The Bertz CT molecular complexity index is 1360. The molecule has 0 saturated carbocycles. The van der Waals surface area contributed by atoms with Crippen LogP contribution in [0, 0.1) is 11.3 Å². The van der Waals surface area contributed by atoms with E-state index in [0.717, 1.165) is 11.1 Å². The number of anilines is 1. The summed E-state index contributed by atoms with van der Waals surface area (Å²) in [7, 11) is 0.0695. The largest absolute Gasteiger partial charge is 0.333 e. The minimum atomic E-state index is -3.80. The zero-order valence-corrected chi connectivity index (χ0v) is 20.7. The Morgan fingerprint density at radius 3 is 2.46 bits per heavy atom. The van der Waals surface area contributed by atoms with Crippen molar-refractivity contribution in [2.45, 2.75) is 17.9 Å². The molecule has 180 valence electrons. The molecule has 35 heavy (non-hydrogen) atoms. The SMILES string of the molecule is CN(C)CCN(Cc1ccc(C#N)cc1)C(=O)c1cccc(S(=O)(=O)N2CCc3ccccc32)c1. The summed E-state index contributed by atoms with van der Waals surface area (Å²) in [6.07, 6.45) is 0.664.